The van der Waals surface area contributed by atoms with Crippen LogP contribution in [0.25, 0.3) is 11.1 Å². The Morgan fingerprint density at radius 3 is 2.23 bits per heavy atom. The van der Waals surface area contributed by atoms with Gasteiger partial charge in [-0.1, -0.05) is 45.7 Å². The highest BCUT2D eigenvalue weighted by atomic mass is 16.5. The van der Waals surface area contributed by atoms with E-state index in [1.807, 2.05) is 13.8 Å². The predicted molar refractivity (Wildman–Crippen MR) is 118 cm³/mol. The number of rotatable bonds is 11. The molecule has 1 N–H and O–H groups in total. The first-order valence-corrected chi connectivity index (χ1v) is 10.7. The monoisotopic (exact) mass is 412 g/mol. The van der Waals surface area contributed by atoms with Gasteiger partial charge in [-0.3, -0.25) is 0 Å². The van der Waals surface area contributed by atoms with Crippen molar-refractivity contribution in [1.29, 1.82) is 0 Å². The fourth-order valence-electron chi connectivity index (χ4n) is 3.43. The Labute approximate surface area is 179 Å². The van der Waals surface area contributed by atoms with E-state index in [-0.39, 0.29) is 17.6 Å². The maximum atomic E-state index is 12.5. The van der Waals surface area contributed by atoms with E-state index in [1.54, 1.807) is 42.5 Å². The molecule has 0 heterocycles. The second-order valence-electron chi connectivity index (χ2n) is 7.57. The van der Waals surface area contributed by atoms with Crippen molar-refractivity contribution >= 4 is 11.9 Å². The van der Waals surface area contributed by atoms with Crippen molar-refractivity contribution in [2.75, 3.05) is 6.61 Å². The zero-order valence-electron chi connectivity index (χ0n) is 18.3. The Balaban J connectivity index is 2.18. The largest absolute Gasteiger partial charge is 0.494 e. The fourth-order valence-corrected chi connectivity index (χ4v) is 3.43. The lowest BCUT2D eigenvalue weighted by atomic mass is 9.96. The van der Waals surface area contributed by atoms with Crippen molar-refractivity contribution in [1.82, 2.24) is 0 Å². The summed E-state index contributed by atoms with van der Waals surface area (Å²) in [6.07, 6.45) is 3.71. The van der Waals surface area contributed by atoms with E-state index in [9.17, 15) is 14.7 Å². The summed E-state index contributed by atoms with van der Waals surface area (Å²) < 4.78 is 11.2. The van der Waals surface area contributed by atoms with Gasteiger partial charge in [-0.25, -0.2) is 9.59 Å². The maximum Gasteiger partial charge on any atom is 0.338 e. The Kier molecular flexibility index (Phi) is 8.90. The van der Waals surface area contributed by atoms with Crippen molar-refractivity contribution in [2.24, 2.45) is 5.92 Å². The highest BCUT2D eigenvalue weighted by Gasteiger charge is 2.17. The lowest BCUT2D eigenvalue weighted by molar-refractivity contribution is 0.0285. The summed E-state index contributed by atoms with van der Waals surface area (Å²) >= 11 is 0. The molecule has 5 nitrogen and oxygen atoms in total. The molecule has 2 aromatic rings. The van der Waals surface area contributed by atoms with Gasteiger partial charge in [0.1, 0.15) is 5.75 Å². The standard InChI is InChI=1S/C25H32O5/c1-5-14-29-21-12-13-22(24(26)27)23(16-21)19-8-10-20(11-9-19)25(28)30-17(4)15-18(6-2)7-3/h8-13,16-18H,5-7,14-15H2,1-4H3,(H,26,27)/t17-/m1/s1. The predicted octanol–water partition coefficient (Wildman–Crippen LogP) is 6.21. The normalized spacial score (nSPS) is 11.9. The number of carbonyl (C=O) groups excluding carboxylic acids is 1. The van der Waals surface area contributed by atoms with Gasteiger partial charge in [-0.2, -0.15) is 0 Å². The summed E-state index contributed by atoms with van der Waals surface area (Å²) in [4.78, 5) is 24.1. The second-order valence-corrected chi connectivity index (χ2v) is 7.57. The molecule has 0 saturated heterocycles. The zero-order chi connectivity index (χ0) is 22.1. The molecule has 1 atom stereocenters. The Bertz CT molecular complexity index is 837. The molecule has 30 heavy (non-hydrogen) atoms. The zero-order valence-corrected chi connectivity index (χ0v) is 18.3. The molecule has 0 spiro atoms. The van der Waals surface area contributed by atoms with Gasteiger partial charge in [0.25, 0.3) is 0 Å². The molecule has 0 aliphatic heterocycles. The summed E-state index contributed by atoms with van der Waals surface area (Å²) in [5.41, 5.74) is 1.90. The summed E-state index contributed by atoms with van der Waals surface area (Å²) in [5, 5.41) is 9.53. The van der Waals surface area contributed by atoms with Crippen LogP contribution in [-0.2, 0) is 4.74 Å². The number of aromatic carboxylic acids is 1. The third kappa shape index (κ3) is 6.34. The summed E-state index contributed by atoms with van der Waals surface area (Å²) in [6, 6.07) is 11.8. The molecule has 0 aromatic heterocycles. The number of carboxylic acid groups (broad SMARTS) is 1. The third-order valence-corrected chi connectivity index (χ3v) is 5.25. The minimum absolute atomic E-state index is 0.145. The minimum Gasteiger partial charge on any atom is -0.494 e. The van der Waals surface area contributed by atoms with Gasteiger partial charge in [0, 0.05) is 0 Å². The lowest BCUT2D eigenvalue weighted by Gasteiger charge is -2.19. The molecule has 0 saturated carbocycles. The van der Waals surface area contributed by atoms with Crippen molar-refractivity contribution in [3.8, 4) is 16.9 Å². The van der Waals surface area contributed by atoms with Crippen LogP contribution in [0.4, 0.5) is 0 Å². The second kappa shape index (κ2) is 11.4. The average molecular weight is 413 g/mol. The van der Waals surface area contributed by atoms with Crippen molar-refractivity contribution < 1.29 is 24.2 Å². The number of hydrogen-bond donors (Lipinski definition) is 1. The van der Waals surface area contributed by atoms with E-state index in [0.717, 1.165) is 25.7 Å². The van der Waals surface area contributed by atoms with Gasteiger partial charge >= 0.3 is 11.9 Å². The highest BCUT2D eigenvalue weighted by molar-refractivity contribution is 5.97. The SMILES string of the molecule is CCCOc1ccc(C(=O)O)c(-c2ccc(C(=O)O[C@H](C)CC(CC)CC)cc2)c1. The van der Waals surface area contributed by atoms with Gasteiger partial charge < -0.3 is 14.6 Å². The fraction of sp³-hybridized carbons (Fsp3) is 0.440. The summed E-state index contributed by atoms with van der Waals surface area (Å²) in [6.45, 7) is 8.79. The molecule has 0 bridgehead atoms. The summed E-state index contributed by atoms with van der Waals surface area (Å²) in [5.74, 6) is -0.202. The van der Waals surface area contributed by atoms with Gasteiger partial charge in [0.15, 0.2) is 0 Å². The van der Waals surface area contributed by atoms with Crippen molar-refractivity contribution in [2.45, 2.75) is 59.5 Å². The molecular weight excluding hydrogens is 380 g/mol. The molecule has 2 rings (SSSR count). The molecule has 0 unspecified atom stereocenters. The van der Waals surface area contributed by atoms with E-state index in [0.29, 0.717) is 35.0 Å². The number of carbonyl (C=O) groups is 2. The first kappa shape index (κ1) is 23.5. The smallest absolute Gasteiger partial charge is 0.338 e. The third-order valence-electron chi connectivity index (χ3n) is 5.25. The average Bonchev–Trinajstić information content (AvgIpc) is 2.75. The molecule has 0 aliphatic carbocycles. The van der Waals surface area contributed by atoms with Crippen LogP contribution in [0.5, 0.6) is 5.75 Å². The number of carboxylic acids is 1. The molecular formula is C25H32O5. The van der Waals surface area contributed by atoms with Crippen LogP contribution in [0.1, 0.15) is 74.1 Å². The molecule has 0 fully saturated rings. The van der Waals surface area contributed by atoms with E-state index in [1.165, 1.54) is 0 Å². The number of hydrogen-bond acceptors (Lipinski definition) is 4. The highest BCUT2D eigenvalue weighted by Crippen LogP contribution is 2.29. The van der Waals surface area contributed by atoms with Crippen molar-refractivity contribution in [3.05, 3.63) is 53.6 Å². The van der Waals surface area contributed by atoms with Crippen LogP contribution in [0.15, 0.2) is 42.5 Å². The molecule has 2 aromatic carbocycles. The number of benzene rings is 2. The van der Waals surface area contributed by atoms with E-state index in [2.05, 4.69) is 13.8 Å². The first-order valence-electron chi connectivity index (χ1n) is 10.7. The van der Waals surface area contributed by atoms with Crippen LogP contribution in [0.3, 0.4) is 0 Å². The Morgan fingerprint density at radius 2 is 1.67 bits per heavy atom. The van der Waals surface area contributed by atoms with E-state index < -0.39 is 5.97 Å². The van der Waals surface area contributed by atoms with Crippen LogP contribution in [-0.4, -0.2) is 29.8 Å². The topological polar surface area (TPSA) is 72.8 Å². The van der Waals surface area contributed by atoms with Crippen molar-refractivity contribution in [3.63, 3.8) is 0 Å². The van der Waals surface area contributed by atoms with Gasteiger partial charge in [-0.15, -0.1) is 0 Å². The van der Waals surface area contributed by atoms with Crippen LogP contribution in [0, 0.1) is 5.92 Å². The first-order chi connectivity index (χ1) is 14.4. The van der Waals surface area contributed by atoms with Crippen LogP contribution in [0.2, 0.25) is 0 Å². The summed E-state index contributed by atoms with van der Waals surface area (Å²) in [7, 11) is 0. The van der Waals surface area contributed by atoms with E-state index >= 15 is 0 Å². The van der Waals surface area contributed by atoms with Crippen LogP contribution < -0.4 is 4.74 Å². The van der Waals surface area contributed by atoms with E-state index in [4.69, 9.17) is 9.47 Å². The number of esters is 1. The van der Waals surface area contributed by atoms with Crippen LogP contribution >= 0.6 is 0 Å². The molecule has 0 amide bonds. The van der Waals surface area contributed by atoms with Gasteiger partial charge in [0.05, 0.1) is 23.8 Å². The van der Waals surface area contributed by atoms with Gasteiger partial charge in [0.2, 0.25) is 0 Å². The Hall–Kier alpha value is -2.82. The molecule has 0 radical (unpaired) electrons. The Morgan fingerprint density at radius 1 is 1.00 bits per heavy atom. The lowest BCUT2D eigenvalue weighted by Crippen LogP contribution is -2.18. The maximum absolute atomic E-state index is 12.5. The molecule has 162 valence electrons. The minimum atomic E-state index is -1.01. The molecule has 0 aliphatic rings. The molecule has 5 heteroatoms. The quantitative estimate of drug-likeness (QED) is 0.444. The van der Waals surface area contributed by atoms with Gasteiger partial charge in [-0.05, 0) is 67.1 Å². The number of ether oxygens (including phenoxy) is 2.